The number of amides is 1. The van der Waals surface area contributed by atoms with Gasteiger partial charge in [0.2, 0.25) is 11.7 Å². The van der Waals surface area contributed by atoms with Gasteiger partial charge in [0.15, 0.2) is 6.29 Å². The largest absolute Gasteiger partial charge is 0.394 e. The molecule has 1 unspecified atom stereocenters. The molecular formula is C14H25NO11. The molecule has 0 radical (unpaired) electrons. The molecule has 9 atom stereocenters. The molecule has 0 aliphatic carbocycles. The molecule has 2 aliphatic rings. The summed E-state index contributed by atoms with van der Waals surface area (Å²) in [5.74, 6) is -2.80. The maximum Gasteiger partial charge on any atom is 0.222 e. The molecule has 2 fully saturated rings. The normalized spacial score (nSPS) is 46.3. The van der Waals surface area contributed by atoms with Crippen LogP contribution in [0.3, 0.4) is 0 Å². The van der Waals surface area contributed by atoms with Crippen LogP contribution in [-0.4, -0.2) is 116 Å². The molecule has 2 saturated heterocycles. The molecule has 2 aliphatic heterocycles. The maximum atomic E-state index is 11.3. The van der Waals surface area contributed by atoms with Crippen molar-refractivity contribution < 1.29 is 54.8 Å². The van der Waals surface area contributed by atoms with Gasteiger partial charge in [-0.1, -0.05) is 0 Å². The Bertz CT molecular complexity index is 494. The van der Waals surface area contributed by atoms with E-state index < -0.39 is 80.5 Å². The second-order valence-electron chi connectivity index (χ2n) is 6.29. The maximum absolute atomic E-state index is 11.3. The van der Waals surface area contributed by atoms with Gasteiger partial charge in [0.25, 0.3) is 0 Å². The van der Waals surface area contributed by atoms with Crippen LogP contribution in [0.4, 0.5) is 0 Å². The van der Waals surface area contributed by atoms with Gasteiger partial charge in [0.05, 0.1) is 13.2 Å². The molecule has 8 N–H and O–H groups in total. The first-order valence-corrected chi connectivity index (χ1v) is 8.03. The minimum atomic E-state index is -2.22. The standard InChI is InChI=1S/C14H25NO11/c1-5(19)15-8-10(21)11(7(3-17)24-13(8)23)26-14(4-18)12(22)9(20)6(2-16)25-14/h6-13,16-18,20-23H,2-4H2,1H3,(H,15,19)/t6-,7-,8-,9-,10-,11-,12+,13?,14+/m1/s1. The summed E-state index contributed by atoms with van der Waals surface area (Å²) in [4.78, 5) is 11.3. The summed E-state index contributed by atoms with van der Waals surface area (Å²) in [7, 11) is 0. The SMILES string of the molecule is CC(=O)N[C@H]1C(O)O[C@H](CO)[C@@H](O[C@]2(CO)O[C@H](CO)[C@@H](O)[C@@H]2O)[C@@H]1O. The van der Waals surface area contributed by atoms with Gasteiger partial charge in [0, 0.05) is 6.92 Å². The monoisotopic (exact) mass is 383 g/mol. The molecule has 2 rings (SSSR count). The molecule has 152 valence electrons. The number of hydrogen-bond donors (Lipinski definition) is 8. The average Bonchev–Trinajstić information content (AvgIpc) is 2.85. The van der Waals surface area contributed by atoms with Crippen LogP contribution in [-0.2, 0) is 19.0 Å². The first-order valence-electron chi connectivity index (χ1n) is 8.03. The van der Waals surface area contributed by atoms with Crippen molar-refractivity contribution in [2.75, 3.05) is 19.8 Å². The molecule has 1 amide bonds. The van der Waals surface area contributed by atoms with Crippen molar-refractivity contribution in [2.24, 2.45) is 0 Å². The minimum Gasteiger partial charge on any atom is -0.394 e. The number of rotatable bonds is 6. The first kappa shape index (κ1) is 21.4. The lowest BCUT2D eigenvalue weighted by Crippen LogP contribution is -2.67. The lowest BCUT2D eigenvalue weighted by atomic mass is 9.95. The lowest BCUT2D eigenvalue weighted by molar-refractivity contribution is -0.346. The highest BCUT2D eigenvalue weighted by Gasteiger charge is 2.58. The Morgan fingerprint density at radius 2 is 1.69 bits per heavy atom. The van der Waals surface area contributed by atoms with Crippen molar-refractivity contribution in [1.82, 2.24) is 5.32 Å². The molecule has 0 aromatic carbocycles. The zero-order valence-electron chi connectivity index (χ0n) is 14.0. The number of carbonyl (C=O) groups excluding carboxylic acids is 1. The van der Waals surface area contributed by atoms with E-state index in [2.05, 4.69) is 5.32 Å². The van der Waals surface area contributed by atoms with E-state index in [1.54, 1.807) is 0 Å². The van der Waals surface area contributed by atoms with Gasteiger partial charge < -0.3 is 55.3 Å². The van der Waals surface area contributed by atoms with E-state index in [4.69, 9.17) is 14.2 Å². The van der Waals surface area contributed by atoms with Gasteiger partial charge in [-0.05, 0) is 0 Å². The fourth-order valence-electron chi connectivity index (χ4n) is 3.12. The van der Waals surface area contributed by atoms with Crippen LogP contribution < -0.4 is 5.32 Å². The summed E-state index contributed by atoms with van der Waals surface area (Å²) < 4.78 is 15.8. The number of carbonyl (C=O) groups is 1. The highest BCUT2D eigenvalue weighted by molar-refractivity contribution is 5.73. The lowest BCUT2D eigenvalue weighted by Gasteiger charge is -2.45. The van der Waals surface area contributed by atoms with Crippen LogP contribution >= 0.6 is 0 Å². The summed E-state index contributed by atoms with van der Waals surface area (Å²) in [5.41, 5.74) is 0. The van der Waals surface area contributed by atoms with E-state index in [1.165, 1.54) is 0 Å². The predicted molar refractivity (Wildman–Crippen MR) is 80.2 cm³/mol. The summed E-state index contributed by atoms with van der Waals surface area (Å²) in [6.45, 7) is -1.20. The fraction of sp³-hybridized carbons (Fsp3) is 0.929. The Kier molecular flexibility index (Phi) is 6.90. The average molecular weight is 383 g/mol. The van der Waals surface area contributed by atoms with Gasteiger partial charge >= 0.3 is 0 Å². The second-order valence-corrected chi connectivity index (χ2v) is 6.29. The topological polar surface area (TPSA) is 198 Å². The molecule has 0 aromatic heterocycles. The third-order valence-corrected chi connectivity index (χ3v) is 4.48. The van der Waals surface area contributed by atoms with Crippen LogP contribution in [0.5, 0.6) is 0 Å². The Hall–Kier alpha value is -0.930. The van der Waals surface area contributed by atoms with Gasteiger partial charge in [-0.15, -0.1) is 0 Å². The molecule has 2 heterocycles. The summed E-state index contributed by atoms with van der Waals surface area (Å²) in [6.07, 6.45) is -10.7. The first-order chi connectivity index (χ1) is 12.2. The van der Waals surface area contributed by atoms with E-state index in [-0.39, 0.29) is 0 Å². The third-order valence-electron chi connectivity index (χ3n) is 4.48. The van der Waals surface area contributed by atoms with Gasteiger partial charge in [0.1, 0.15) is 49.3 Å². The highest BCUT2D eigenvalue weighted by Crippen LogP contribution is 2.36. The fourth-order valence-corrected chi connectivity index (χ4v) is 3.12. The molecule has 0 saturated carbocycles. The molecule has 0 bridgehead atoms. The Morgan fingerprint density at radius 3 is 2.15 bits per heavy atom. The Morgan fingerprint density at radius 1 is 1.08 bits per heavy atom. The molecule has 0 aromatic rings. The van der Waals surface area contributed by atoms with Crippen LogP contribution in [0.1, 0.15) is 6.92 Å². The Labute approximate surface area is 148 Å². The number of hydrogen-bond acceptors (Lipinski definition) is 11. The predicted octanol–water partition coefficient (Wildman–Crippen LogP) is -5.25. The second kappa shape index (κ2) is 8.39. The van der Waals surface area contributed by atoms with E-state index in [0.717, 1.165) is 6.92 Å². The van der Waals surface area contributed by atoms with Crippen LogP contribution in [0.2, 0.25) is 0 Å². The van der Waals surface area contributed by atoms with Gasteiger partial charge in [-0.25, -0.2) is 0 Å². The van der Waals surface area contributed by atoms with Crippen LogP contribution in [0, 0.1) is 0 Å². The third kappa shape index (κ3) is 3.84. The van der Waals surface area contributed by atoms with E-state index in [1.807, 2.05) is 0 Å². The zero-order valence-corrected chi connectivity index (χ0v) is 14.0. The minimum absolute atomic E-state index is 0.581. The zero-order chi connectivity index (χ0) is 19.6. The highest BCUT2D eigenvalue weighted by atomic mass is 16.8. The smallest absolute Gasteiger partial charge is 0.222 e. The molecule has 26 heavy (non-hydrogen) atoms. The molecule has 12 heteroatoms. The van der Waals surface area contributed by atoms with E-state index >= 15 is 0 Å². The van der Waals surface area contributed by atoms with Crippen molar-refractivity contribution in [1.29, 1.82) is 0 Å². The number of aliphatic hydroxyl groups is 7. The van der Waals surface area contributed by atoms with Crippen molar-refractivity contribution in [3.8, 4) is 0 Å². The Balaban J connectivity index is 2.26. The summed E-state index contributed by atoms with van der Waals surface area (Å²) in [5, 5.41) is 71.0. The molecule has 0 spiro atoms. The van der Waals surface area contributed by atoms with Crippen molar-refractivity contribution in [3.63, 3.8) is 0 Å². The number of ether oxygens (including phenoxy) is 3. The summed E-state index contributed by atoms with van der Waals surface area (Å²) >= 11 is 0. The summed E-state index contributed by atoms with van der Waals surface area (Å²) in [6, 6.07) is -1.33. The van der Waals surface area contributed by atoms with Crippen LogP contribution in [0.25, 0.3) is 0 Å². The van der Waals surface area contributed by atoms with Crippen molar-refractivity contribution >= 4 is 5.91 Å². The quantitative estimate of drug-likeness (QED) is 0.218. The van der Waals surface area contributed by atoms with E-state index in [9.17, 15) is 40.5 Å². The number of nitrogens with one attached hydrogen (secondary N) is 1. The van der Waals surface area contributed by atoms with Crippen molar-refractivity contribution in [3.05, 3.63) is 0 Å². The van der Waals surface area contributed by atoms with Gasteiger partial charge in [-0.3, -0.25) is 4.79 Å². The van der Waals surface area contributed by atoms with E-state index in [0.29, 0.717) is 0 Å². The van der Waals surface area contributed by atoms with Crippen LogP contribution in [0.15, 0.2) is 0 Å². The number of aliphatic hydroxyl groups excluding tert-OH is 7. The molecular weight excluding hydrogens is 358 g/mol. The van der Waals surface area contributed by atoms with Gasteiger partial charge in [-0.2, -0.15) is 0 Å². The molecule has 12 nitrogen and oxygen atoms in total. The van der Waals surface area contributed by atoms with Crippen molar-refractivity contribution in [2.45, 2.75) is 61.7 Å².